The lowest BCUT2D eigenvalue weighted by Crippen LogP contribution is -2.34. The molecule has 0 rings (SSSR count). The molecule has 0 aliphatic rings. The lowest BCUT2D eigenvalue weighted by Gasteiger charge is -2.18. The molecule has 0 fully saturated rings. The van der Waals surface area contributed by atoms with Gasteiger partial charge in [0.2, 0.25) is 0 Å². The Morgan fingerprint density at radius 2 is 1.79 bits per heavy atom. The van der Waals surface area contributed by atoms with E-state index in [0.29, 0.717) is 0 Å². The second-order valence-corrected chi connectivity index (χ2v) is 4.11. The van der Waals surface area contributed by atoms with E-state index in [0.717, 1.165) is 0 Å². The number of ether oxygens (including phenoxy) is 1. The topological polar surface area (TPSA) is 38.3 Å². The fourth-order valence-corrected chi connectivity index (χ4v) is 0.536. The fourth-order valence-electron chi connectivity index (χ4n) is 0.536. The number of hydrogen-bond donors (Lipinski definition) is 1. The summed E-state index contributed by atoms with van der Waals surface area (Å²) in [6, 6.07) is 0. The second-order valence-electron chi connectivity index (χ2n) is 4.11. The molecule has 0 heterocycles. The maximum absolute atomic E-state index is 11.6. The summed E-state index contributed by atoms with van der Waals surface area (Å²) in [5, 5.41) is 2.23. The Bertz CT molecular complexity index is 176. The van der Waals surface area contributed by atoms with Crippen LogP contribution in [0.15, 0.2) is 0 Å². The van der Waals surface area contributed by atoms with Gasteiger partial charge in [-0.15, -0.1) is 0 Å². The molecule has 0 radical (unpaired) electrons. The first kappa shape index (κ1) is 13.1. The quantitative estimate of drug-likeness (QED) is 0.764. The minimum atomic E-state index is -4.47. The van der Waals surface area contributed by atoms with Crippen molar-refractivity contribution in [1.82, 2.24) is 5.32 Å². The zero-order valence-corrected chi connectivity index (χ0v) is 8.36. The molecule has 6 heteroatoms. The molecule has 0 spiro atoms. The van der Waals surface area contributed by atoms with Gasteiger partial charge in [0.25, 0.3) is 0 Å². The highest BCUT2D eigenvalue weighted by molar-refractivity contribution is 5.67. The summed E-state index contributed by atoms with van der Waals surface area (Å²) in [5.41, 5.74) is -0.183. The van der Waals surface area contributed by atoms with Gasteiger partial charge < -0.3 is 10.1 Å². The van der Waals surface area contributed by atoms with Gasteiger partial charge in [-0.25, -0.2) is 4.79 Å². The van der Waals surface area contributed by atoms with Crippen molar-refractivity contribution in [3.05, 3.63) is 0 Å². The van der Waals surface area contributed by atoms with E-state index in [2.05, 4.69) is 10.1 Å². The Balaban J connectivity index is 3.68. The highest BCUT2D eigenvalue weighted by atomic mass is 19.4. The molecule has 0 aromatic rings. The van der Waals surface area contributed by atoms with Crippen molar-refractivity contribution in [1.29, 1.82) is 0 Å². The van der Waals surface area contributed by atoms with E-state index in [1.54, 1.807) is 0 Å². The number of carbonyl (C=O) groups is 1. The number of nitrogens with one attached hydrogen (secondary N) is 1. The summed E-state index contributed by atoms with van der Waals surface area (Å²) in [6.07, 6.45) is -5.52. The molecule has 1 amide bonds. The van der Waals surface area contributed by atoms with E-state index in [4.69, 9.17) is 0 Å². The molecular formula is C8H14F3NO2. The van der Waals surface area contributed by atoms with Crippen LogP contribution < -0.4 is 5.32 Å². The van der Waals surface area contributed by atoms with E-state index >= 15 is 0 Å². The first-order valence-electron chi connectivity index (χ1n) is 4.07. The summed E-state index contributed by atoms with van der Waals surface area (Å²) in [4.78, 5) is 10.7. The van der Waals surface area contributed by atoms with Crippen molar-refractivity contribution in [3.8, 4) is 0 Å². The van der Waals surface area contributed by atoms with E-state index < -0.39 is 18.9 Å². The van der Waals surface area contributed by atoms with Gasteiger partial charge >= 0.3 is 12.3 Å². The molecule has 84 valence electrons. The van der Waals surface area contributed by atoms with Crippen LogP contribution >= 0.6 is 0 Å². The van der Waals surface area contributed by atoms with E-state index in [1.165, 1.54) is 0 Å². The lowest BCUT2D eigenvalue weighted by atomic mass is 9.97. The van der Waals surface area contributed by atoms with Gasteiger partial charge in [-0.1, -0.05) is 20.8 Å². The molecule has 0 aliphatic carbocycles. The molecule has 0 saturated heterocycles. The van der Waals surface area contributed by atoms with Crippen molar-refractivity contribution in [3.63, 3.8) is 0 Å². The largest absolute Gasteiger partial charge is 0.440 e. The third-order valence-electron chi connectivity index (χ3n) is 1.13. The zero-order valence-electron chi connectivity index (χ0n) is 8.36. The lowest BCUT2D eigenvalue weighted by molar-refractivity contribution is -0.160. The molecule has 14 heavy (non-hydrogen) atoms. The Labute approximate surface area is 80.6 Å². The number of rotatable bonds is 2. The van der Waals surface area contributed by atoms with Crippen LogP contribution in [0.5, 0.6) is 0 Å². The van der Waals surface area contributed by atoms with Crippen molar-refractivity contribution >= 4 is 6.09 Å². The molecule has 0 atom stereocenters. The van der Waals surface area contributed by atoms with Gasteiger partial charge in [-0.05, 0) is 5.41 Å². The van der Waals surface area contributed by atoms with Gasteiger partial charge in [0, 0.05) is 6.54 Å². The van der Waals surface area contributed by atoms with Crippen LogP contribution in [0, 0.1) is 5.41 Å². The second kappa shape index (κ2) is 4.52. The number of alkyl carbamates (subject to hydrolysis) is 1. The third kappa shape index (κ3) is 9.15. The fraction of sp³-hybridized carbons (Fsp3) is 0.875. The molecule has 0 aliphatic heterocycles. The van der Waals surface area contributed by atoms with E-state index in [9.17, 15) is 18.0 Å². The standard InChI is InChI=1S/C8H14F3NO2/c1-7(2,3)4-12-6(13)14-5-8(9,10)11/h4-5H2,1-3H3,(H,12,13). The van der Waals surface area contributed by atoms with E-state index in [-0.39, 0.29) is 12.0 Å². The Morgan fingerprint density at radius 1 is 1.29 bits per heavy atom. The van der Waals surface area contributed by atoms with Crippen molar-refractivity contribution in [2.75, 3.05) is 13.2 Å². The van der Waals surface area contributed by atoms with Crippen LogP contribution in [0.25, 0.3) is 0 Å². The number of carbonyl (C=O) groups excluding carboxylic acids is 1. The minimum absolute atomic E-state index is 0.183. The number of halogens is 3. The summed E-state index contributed by atoms with van der Waals surface area (Å²) in [5.74, 6) is 0. The smallest absolute Gasteiger partial charge is 0.422 e. The van der Waals surface area contributed by atoms with Gasteiger partial charge in [-0.2, -0.15) is 13.2 Å². The summed E-state index contributed by atoms with van der Waals surface area (Å²) < 4.78 is 38.7. The predicted molar refractivity (Wildman–Crippen MR) is 44.9 cm³/mol. The maximum atomic E-state index is 11.6. The summed E-state index contributed by atoms with van der Waals surface area (Å²) in [7, 11) is 0. The van der Waals surface area contributed by atoms with Crippen LogP contribution in [-0.2, 0) is 4.74 Å². The molecule has 0 unspecified atom stereocenters. The third-order valence-corrected chi connectivity index (χ3v) is 1.13. The number of amides is 1. The molecule has 0 bridgehead atoms. The van der Waals surface area contributed by atoms with Crippen LogP contribution in [0.1, 0.15) is 20.8 Å². The zero-order chi connectivity index (χ0) is 11.4. The van der Waals surface area contributed by atoms with E-state index in [1.807, 2.05) is 20.8 Å². The van der Waals surface area contributed by atoms with Gasteiger partial charge in [-0.3, -0.25) is 0 Å². The number of hydrogen-bond acceptors (Lipinski definition) is 2. The molecule has 0 aromatic carbocycles. The molecule has 0 aromatic heterocycles. The minimum Gasteiger partial charge on any atom is -0.440 e. The molecule has 0 saturated carbocycles. The van der Waals surface area contributed by atoms with Crippen molar-refractivity contribution < 1.29 is 22.7 Å². The first-order valence-corrected chi connectivity index (χ1v) is 4.07. The first-order chi connectivity index (χ1) is 6.10. The van der Waals surface area contributed by atoms with Crippen LogP contribution in [0.3, 0.4) is 0 Å². The molecular weight excluding hydrogens is 199 g/mol. The average molecular weight is 213 g/mol. The number of alkyl halides is 3. The highest BCUT2D eigenvalue weighted by Crippen LogP contribution is 2.14. The Morgan fingerprint density at radius 3 is 2.14 bits per heavy atom. The van der Waals surface area contributed by atoms with Gasteiger partial charge in [0.1, 0.15) is 0 Å². The van der Waals surface area contributed by atoms with Crippen LogP contribution in [0.4, 0.5) is 18.0 Å². The maximum Gasteiger partial charge on any atom is 0.422 e. The highest BCUT2D eigenvalue weighted by Gasteiger charge is 2.29. The van der Waals surface area contributed by atoms with Gasteiger partial charge in [0.05, 0.1) is 0 Å². The predicted octanol–water partition coefficient (Wildman–Crippen LogP) is 2.32. The monoisotopic (exact) mass is 213 g/mol. The molecule has 1 N–H and O–H groups in total. The normalized spacial score (nSPS) is 12.4. The molecule has 3 nitrogen and oxygen atoms in total. The summed E-state index contributed by atoms with van der Waals surface area (Å²) in [6.45, 7) is 4.25. The summed E-state index contributed by atoms with van der Waals surface area (Å²) >= 11 is 0. The van der Waals surface area contributed by atoms with Crippen molar-refractivity contribution in [2.45, 2.75) is 26.9 Å². The Hall–Kier alpha value is -0.940. The Kier molecular flexibility index (Phi) is 4.22. The SMILES string of the molecule is CC(C)(C)CNC(=O)OCC(F)(F)F. The van der Waals surface area contributed by atoms with Crippen molar-refractivity contribution in [2.24, 2.45) is 5.41 Å². The average Bonchev–Trinajstić information content (AvgIpc) is 1.94. The van der Waals surface area contributed by atoms with Crippen LogP contribution in [-0.4, -0.2) is 25.4 Å². The van der Waals surface area contributed by atoms with Gasteiger partial charge in [0.15, 0.2) is 6.61 Å². The van der Waals surface area contributed by atoms with Crippen LogP contribution in [0.2, 0.25) is 0 Å².